The van der Waals surface area contributed by atoms with E-state index in [-0.39, 0.29) is 18.4 Å². The van der Waals surface area contributed by atoms with Crippen LogP contribution >= 0.6 is 23.2 Å². The number of ether oxygens (including phenoxy) is 1. The Morgan fingerprint density at radius 1 is 1.03 bits per heavy atom. The summed E-state index contributed by atoms with van der Waals surface area (Å²) >= 11 is 12.2. The largest absolute Gasteiger partial charge is 0.494 e. The molecule has 0 fully saturated rings. The minimum atomic E-state index is -0.515. The number of benzene rings is 2. The normalized spacial score (nSPS) is 11.8. The van der Waals surface area contributed by atoms with E-state index in [2.05, 4.69) is 10.6 Å². The molecule has 2 aromatic rings. The monoisotopic (exact) mass is 437 g/mol. The first-order chi connectivity index (χ1) is 13.8. The van der Waals surface area contributed by atoms with Gasteiger partial charge in [0.05, 0.1) is 34.9 Å². The smallest absolute Gasteiger partial charge is 0.241 e. The molecule has 0 heterocycles. The molecule has 0 aromatic heterocycles. The number of carbonyl (C=O) groups excluding carboxylic acids is 2. The molecule has 2 rings (SSSR count). The highest BCUT2D eigenvalue weighted by Crippen LogP contribution is 2.29. The molecular formula is C21H25Cl2N3O3. The summed E-state index contributed by atoms with van der Waals surface area (Å²) in [5, 5.41) is 6.29. The van der Waals surface area contributed by atoms with Gasteiger partial charge in [-0.2, -0.15) is 0 Å². The Labute approximate surface area is 181 Å². The lowest BCUT2D eigenvalue weighted by atomic mass is 10.2. The topological polar surface area (TPSA) is 70.7 Å². The highest BCUT2D eigenvalue weighted by molar-refractivity contribution is 6.39. The summed E-state index contributed by atoms with van der Waals surface area (Å²) in [6.45, 7) is 6.67. The van der Waals surface area contributed by atoms with E-state index in [0.29, 0.717) is 34.6 Å². The molecule has 29 heavy (non-hydrogen) atoms. The third-order valence-electron chi connectivity index (χ3n) is 4.34. The first-order valence-electron chi connectivity index (χ1n) is 9.37. The SMILES string of the molecule is CCOc1ccc(NC(=O)C(C)N(CC)CC(=O)Nc2c(Cl)cccc2Cl)cc1. The summed E-state index contributed by atoms with van der Waals surface area (Å²) in [6, 6.07) is 11.6. The molecule has 0 saturated carbocycles. The molecule has 0 saturated heterocycles. The zero-order valence-electron chi connectivity index (χ0n) is 16.7. The van der Waals surface area contributed by atoms with E-state index < -0.39 is 6.04 Å². The van der Waals surface area contributed by atoms with E-state index in [1.807, 2.05) is 13.8 Å². The summed E-state index contributed by atoms with van der Waals surface area (Å²) in [5.41, 5.74) is 1.03. The Hall–Kier alpha value is -2.28. The number of likely N-dealkylation sites (N-methyl/N-ethyl adjacent to an activating group) is 1. The van der Waals surface area contributed by atoms with Crippen molar-refractivity contribution >= 4 is 46.4 Å². The first-order valence-corrected chi connectivity index (χ1v) is 10.1. The quantitative estimate of drug-likeness (QED) is 0.597. The molecule has 1 unspecified atom stereocenters. The van der Waals surface area contributed by atoms with Crippen molar-refractivity contribution in [3.63, 3.8) is 0 Å². The van der Waals surface area contributed by atoms with Crippen molar-refractivity contribution in [1.82, 2.24) is 4.90 Å². The molecule has 0 aliphatic rings. The van der Waals surface area contributed by atoms with Crippen molar-refractivity contribution in [2.24, 2.45) is 0 Å². The minimum Gasteiger partial charge on any atom is -0.494 e. The fraction of sp³-hybridized carbons (Fsp3) is 0.333. The summed E-state index contributed by atoms with van der Waals surface area (Å²) in [7, 11) is 0. The molecule has 0 bridgehead atoms. The van der Waals surface area contributed by atoms with E-state index in [9.17, 15) is 9.59 Å². The van der Waals surface area contributed by atoms with Gasteiger partial charge in [0.1, 0.15) is 5.75 Å². The molecule has 0 spiro atoms. The van der Waals surface area contributed by atoms with Crippen LogP contribution in [0, 0.1) is 0 Å². The van der Waals surface area contributed by atoms with Crippen molar-refractivity contribution in [2.45, 2.75) is 26.8 Å². The van der Waals surface area contributed by atoms with Gasteiger partial charge in [0, 0.05) is 5.69 Å². The van der Waals surface area contributed by atoms with Gasteiger partial charge in [-0.15, -0.1) is 0 Å². The summed E-state index contributed by atoms with van der Waals surface area (Å²) in [4.78, 5) is 26.8. The molecule has 0 radical (unpaired) electrons. The zero-order chi connectivity index (χ0) is 21.4. The zero-order valence-corrected chi connectivity index (χ0v) is 18.2. The summed E-state index contributed by atoms with van der Waals surface area (Å²) < 4.78 is 5.39. The van der Waals surface area contributed by atoms with E-state index in [4.69, 9.17) is 27.9 Å². The Morgan fingerprint density at radius 2 is 1.66 bits per heavy atom. The van der Waals surface area contributed by atoms with Gasteiger partial charge in [-0.3, -0.25) is 14.5 Å². The predicted octanol–water partition coefficient (Wildman–Crippen LogP) is 4.68. The van der Waals surface area contributed by atoms with Gasteiger partial charge in [0.25, 0.3) is 0 Å². The van der Waals surface area contributed by atoms with Crippen LogP contribution in [0.2, 0.25) is 10.0 Å². The van der Waals surface area contributed by atoms with Crippen molar-refractivity contribution < 1.29 is 14.3 Å². The standard InChI is InChI=1S/C21H25Cl2N3O3/c1-4-26(13-19(27)25-20-17(22)7-6-8-18(20)23)14(3)21(28)24-15-9-11-16(12-10-15)29-5-2/h6-12,14H,4-5,13H2,1-3H3,(H,24,28)(H,25,27). The molecule has 8 heteroatoms. The highest BCUT2D eigenvalue weighted by atomic mass is 35.5. The highest BCUT2D eigenvalue weighted by Gasteiger charge is 2.23. The number of halogens is 2. The molecule has 0 aliphatic carbocycles. The molecule has 1 atom stereocenters. The molecule has 2 N–H and O–H groups in total. The van der Waals surface area contributed by atoms with Gasteiger partial charge in [-0.25, -0.2) is 0 Å². The fourth-order valence-electron chi connectivity index (χ4n) is 2.72. The van der Waals surface area contributed by atoms with Crippen LogP contribution in [0.25, 0.3) is 0 Å². The molecule has 156 valence electrons. The van der Waals surface area contributed by atoms with Gasteiger partial charge >= 0.3 is 0 Å². The van der Waals surface area contributed by atoms with Crippen LogP contribution in [0.15, 0.2) is 42.5 Å². The molecule has 6 nitrogen and oxygen atoms in total. The van der Waals surface area contributed by atoms with Crippen LogP contribution in [0.1, 0.15) is 20.8 Å². The number of nitrogens with zero attached hydrogens (tertiary/aromatic N) is 1. The molecule has 2 amide bonds. The lowest BCUT2D eigenvalue weighted by Gasteiger charge is -2.26. The second-order valence-corrected chi connectivity index (χ2v) is 7.14. The van der Waals surface area contributed by atoms with E-state index >= 15 is 0 Å². The van der Waals surface area contributed by atoms with Gasteiger partial charge in [0.2, 0.25) is 11.8 Å². The number of nitrogens with one attached hydrogen (secondary N) is 2. The second-order valence-electron chi connectivity index (χ2n) is 6.33. The Balaban J connectivity index is 1.97. The van der Waals surface area contributed by atoms with Crippen LogP contribution in [-0.2, 0) is 9.59 Å². The number of amides is 2. The van der Waals surface area contributed by atoms with Gasteiger partial charge in [0.15, 0.2) is 0 Å². The number of rotatable bonds is 9. The van der Waals surface area contributed by atoms with E-state index in [1.165, 1.54) is 0 Å². The van der Waals surface area contributed by atoms with E-state index in [1.54, 1.807) is 54.3 Å². The molecule has 0 aliphatic heterocycles. The maximum atomic E-state index is 12.6. The third-order valence-corrected chi connectivity index (χ3v) is 4.97. The van der Waals surface area contributed by atoms with Crippen molar-refractivity contribution in [3.8, 4) is 5.75 Å². The first kappa shape index (κ1) is 23.0. The fourth-order valence-corrected chi connectivity index (χ4v) is 3.21. The lowest BCUT2D eigenvalue weighted by Crippen LogP contribution is -2.45. The van der Waals surface area contributed by atoms with Crippen molar-refractivity contribution in [3.05, 3.63) is 52.5 Å². The minimum absolute atomic E-state index is 0.0237. The van der Waals surface area contributed by atoms with Crippen LogP contribution in [0.3, 0.4) is 0 Å². The van der Waals surface area contributed by atoms with Crippen molar-refractivity contribution in [1.29, 1.82) is 0 Å². The average Bonchev–Trinajstić information content (AvgIpc) is 2.70. The van der Waals surface area contributed by atoms with E-state index in [0.717, 1.165) is 5.75 Å². The van der Waals surface area contributed by atoms with Gasteiger partial charge in [-0.1, -0.05) is 36.2 Å². The maximum absolute atomic E-state index is 12.6. The van der Waals surface area contributed by atoms with Crippen LogP contribution < -0.4 is 15.4 Å². The number of anilines is 2. The predicted molar refractivity (Wildman–Crippen MR) is 118 cm³/mol. The number of carbonyl (C=O) groups is 2. The maximum Gasteiger partial charge on any atom is 0.241 e. The van der Waals surface area contributed by atoms with Gasteiger partial charge in [-0.05, 0) is 56.8 Å². The Kier molecular flexibility index (Phi) is 8.76. The van der Waals surface area contributed by atoms with Crippen molar-refractivity contribution in [2.75, 3.05) is 30.3 Å². The average molecular weight is 438 g/mol. The van der Waals surface area contributed by atoms with Crippen LogP contribution in [0.4, 0.5) is 11.4 Å². The van der Waals surface area contributed by atoms with Crippen LogP contribution in [-0.4, -0.2) is 42.5 Å². The summed E-state index contributed by atoms with van der Waals surface area (Å²) in [6.07, 6.45) is 0. The number of hydrogen-bond donors (Lipinski definition) is 2. The van der Waals surface area contributed by atoms with Gasteiger partial charge < -0.3 is 15.4 Å². The lowest BCUT2D eigenvalue weighted by molar-refractivity contribution is -0.123. The molecule has 2 aromatic carbocycles. The number of para-hydroxylation sites is 1. The molecular weight excluding hydrogens is 413 g/mol. The summed E-state index contributed by atoms with van der Waals surface area (Å²) in [5.74, 6) is 0.228. The Morgan fingerprint density at radius 3 is 2.21 bits per heavy atom. The second kappa shape index (κ2) is 11.0. The van der Waals surface area contributed by atoms with Crippen LogP contribution in [0.5, 0.6) is 5.75 Å². The third kappa shape index (κ3) is 6.63. The number of hydrogen-bond acceptors (Lipinski definition) is 4. The Bertz CT molecular complexity index is 823.